The Morgan fingerprint density at radius 2 is 0.972 bits per heavy atom. The maximum atomic E-state index is 13.2. The van der Waals surface area contributed by atoms with Gasteiger partial charge in [0.05, 0.1) is 32.0 Å². The van der Waals surface area contributed by atoms with Crippen molar-refractivity contribution in [3.05, 3.63) is 85.1 Å². The van der Waals surface area contributed by atoms with Crippen LogP contribution in [-0.4, -0.2) is 140 Å². The van der Waals surface area contributed by atoms with E-state index in [2.05, 4.69) is 92.1 Å². The molecule has 14 heteroatoms. The largest absolute Gasteiger partial charge is 0.394 e. The second kappa shape index (κ2) is 43.4. The third-order valence-electron chi connectivity index (χ3n) is 13.1. The van der Waals surface area contributed by atoms with E-state index in [9.17, 15) is 45.6 Å². The van der Waals surface area contributed by atoms with Crippen molar-refractivity contribution in [2.75, 3.05) is 19.8 Å². The van der Waals surface area contributed by atoms with Crippen molar-refractivity contribution in [3.63, 3.8) is 0 Å². The second-order valence-corrected chi connectivity index (χ2v) is 19.3. The molecular formula is C58H99NO13. The Bertz CT molecular complexity index is 1530. The lowest BCUT2D eigenvalue weighted by atomic mass is 9.97. The predicted molar refractivity (Wildman–Crippen MR) is 286 cm³/mol. The van der Waals surface area contributed by atoms with Gasteiger partial charge in [-0.25, -0.2) is 0 Å². The van der Waals surface area contributed by atoms with Crippen molar-refractivity contribution in [3.8, 4) is 0 Å². The number of carbonyl (C=O) groups excluding carboxylic acids is 1. The van der Waals surface area contributed by atoms with Gasteiger partial charge in [0.25, 0.3) is 0 Å². The fourth-order valence-electron chi connectivity index (χ4n) is 8.57. The van der Waals surface area contributed by atoms with Crippen molar-refractivity contribution in [1.82, 2.24) is 5.32 Å². The molecule has 2 fully saturated rings. The van der Waals surface area contributed by atoms with Gasteiger partial charge in [-0.1, -0.05) is 182 Å². The highest BCUT2D eigenvalue weighted by Crippen LogP contribution is 2.30. The first-order chi connectivity index (χ1) is 35.1. The van der Waals surface area contributed by atoms with Gasteiger partial charge < -0.3 is 65.1 Å². The summed E-state index contributed by atoms with van der Waals surface area (Å²) in [6.45, 7) is 2.61. The topological polar surface area (TPSA) is 228 Å². The lowest BCUT2D eigenvalue weighted by Gasteiger charge is -2.46. The van der Waals surface area contributed by atoms with Gasteiger partial charge in [0.2, 0.25) is 5.91 Å². The zero-order chi connectivity index (χ0) is 52.4. The number of ether oxygens (including phenoxy) is 4. The van der Waals surface area contributed by atoms with Gasteiger partial charge in [-0.3, -0.25) is 4.79 Å². The molecule has 0 radical (unpaired) electrons. The van der Waals surface area contributed by atoms with Gasteiger partial charge in [-0.2, -0.15) is 0 Å². The maximum absolute atomic E-state index is 13.2. The highest BCUT2D eigenvalue weighted by molar-refractivity contribution is 5.76. The Labute approximate surface area is 433 Å². The monoisotopic (exact) mass is 1020 g/mol. The first-order valence-corrected chi connectivity index (χ1v) is 27.8. The molecule has 14 nitrogen and oxygen atoms in total. The van der Waals surface area contributed by atoms with Crippen LogP contribution < -0.4 is 5.32 Å². The molecule has 0 saturated carbocycles. The lowest BCUT2D eigenvalue weighted by Crippen LogP contribution is -2.65. The summed E-state index contributed by atoms with van der Waals surface area (Å²) >= 11 is 0. The van der Waals surface area contributed by atoms with Crippen LogP contribution in [-0.2, 0) is 23.7 Å². The Hall–Kier alpha value is -2.83. The standard InChI is InChI=1S/C58H99NO13/c1-3-5-7-9-11-13-15-16-17-18-19-20-21-22-23-24-25-26-27-28-29-30-32-34-36-38-40-42-50(63)59-46(47(62)41-39-37-35-33-31-14-12-10-8-6-4-2)45-69-57-55(68)53(66)56(49(44-61)71-57)72-58-54(67)52(65)51(64)48(43-60)70-58/h5,7,11,13,16-17,19-20,22-23,31,33,39,41,46-49,51-58,60-62,64-68H,3-4,6,8-10,12,14-15,18,21,24-30,32,34-38,40,42-45H2,1-2H3,(H,59,63)/b7-5-,13-11-,17-16-,20-19-,23-22-,33-31+,41-39+. The third-order valence-corrected chi connectivity index (χ3v) is 13.1. The van der Waals surface area contributed by atoms with Crippen LogP contribution in [0.1, 0.15) is 181 Å². The van der Waals surface area contributed by atoms with Gasteiger partial charge >= 0.3 is 0 Å². The zero-order valence-electron chi connectivity index (χ0n) is 44.1. The molecule has 9 N–H and O–H groups in total. The highest BCUT2D eigenvalue weighted by atomic mass is 16.7. The first-order valence-electron chi connectivity index (χ1n) is 27.8. The quantitative estimate of drug-likeness (QED) is 0.0207. The molecule has 1 amide bonds. The molecule has 12 unspecified atom stereocenters. The summed E-state index contributed by atoms with van der Waals surface area (Å²) in [6, 6.07) is -0.936. The van der Waals surface area contributed by atoms with Gasteiger partial charge in [0.1, 0.15) is 48.8 Å². The Kier molecular flexibility index (Phi) is 39.4. The van der Waals surface area contributed by atoms with Crippen LogP contribution >= 0.6 is 0 Å². The number of aliphatic hydroxyl groups excluding tert-OH is 8. The highest BCUT2D eigenvalue weighted by Gasteiger charge is 2.51. The van der Waals surface area contributed by atoms with Crippen LogP contribution in [0.3, 0.4) is 0 Å². The molecule has 2 saturated heterocycles. The lowest BCUT2D eigenvalue weighted by molar-refractivity contribution is -0.359. The van der Waals surface area contributed by atoms with E-state index in [0.717, 1.165) is 70.6 Å². The molecule has 0 aliphatic carbocycles. The van der Waals surface area contributed by atoms with Crippen LogP contribution in [0.5, 0.6) is 0 Å². The van der Waals surface area contributed by atoms with Crippen molar-refractivity contribution in [1.29, 1.82) is 0 Å². The summed E-state index contributed by atoms with van der Waals surface area (Å²) < 4.78 is 22.7. The van der Waals surface area contributed by atoms with Crippen molar-refractivity contribution in [2.24, 2.45) is 0 Å². The Morgan fingerprint density at radius 3 is 1.53 bits per heavy atom. The van der Waals surface area contributed by atoms with Crippen LogP contribution in [0.25, 0.3) is 0 Å². The third kappa shape index (κ3) is 29.3. The summed E-state index contributed by atoms with van der Waals surface area (Å²) in [5, 5.41) is 86.8. The summed E-state index contributed by atoms with van der Waals surface area (Å²) in [5.74, 6) is -0.259. The molecule has 72 heavy (non-hydrogen) atoms. The zero-order valence-corrected chi connectivity index (χ0v) is 44.1. The number of hydrogen-bond donors (Lipinski definition) is 9. The van der Waals surface area contributed by atoms with E-state index in [4.69, 9.17) is 18.9 Å². The molecule has 0 spiro atoms. The Balaban J connectivity index is 1.73. The van der Waals surface area contributed by atoms with Crippen LogP contribution in [0, 0.1) is 0 Å². The van der Waals surface area contributed by atoms with Gasteiger partial charge in [0.15, 0.2) is 12.6 Å². The number of aliphatic hydroxyl groups is 8. The van der Waals surface area contributed by atoms with Crippen molar-refractivity contribution in [2.45, 2.75) is 254 Å². The molecule has 12 atom stereocenters. The summed E-state index contributed by atoms with van der Waals surface area (Å²) in [7, 11) is 0. The van der Waals surface area contributed by atoms with Crippen molar-refractivity contribution < 1.29 is 64.6 Å². The van der Waals surface area contributed by atoms with E-state index in [1.54, 1.807) is 6.08 Å². The number of carbonyl (C=O) groups is 1. The first kappa shape index (κ1) is 65.3. The molecular weight excluding hydrogens is 919 g/mol. The number of nitrogens with one attached hydrogen (secondary N) is 1. The number of amides is 1. The fourth-order valence-corrected chi connectivity index (χ4v) is 8.57. The SMILES string of the molecule is CC/C=C\C/C=C\C/C=C\C/C=C\C/C=C\CCCCCCCCCCCCCC(=O)NC(COC1OC(CO)C(OC2OC(CO)C(O)C(O)C2O)C(O)C1O)C(O)/C=C/CC/C=C/CCCCCCC. The summed E-state index contributed by atoms with van der Waals surface area (Å²) in [5.41, 5.74) is 0. The molecule has 2 aliphatic heterocycles. The predicted octanol–water partition coefficient (Wildman–Crippen LogP) is 8.55. The Morgan fingerprint density at radius 1 is 0.514 bits per heavy atom. The molecule has 0 aromatic rings. The smallest absolute Gasteiger partial charge is 0.220 e. The van der Waals surface area contributed by atoms with E-state index < -0.39 is 86.8 Å². The molecule has 414 valence electrons. The molecule has 2 aliphatic rings. The van der Waals surface area contributed by atoms with Crippen molar-refractivity contribution >= 4 is 5.91 Å². The van der Waals surface area contributed by atoms with Crippen LogP contribution in [0.2, 0.25) is 0 Å². The molecule has 0 bridgehead atoms. The minimum Gasteiger partial charge on any atom is -0.394 e. The average molecular weight is 1020 g/mol. The molecule has 2 rings (SSSR count). The normalized spacial score (nSPS) is 26.2. The van der Waals surface area contributed by atoms with Crippen LogP contribution in [0.4, 0.5) is 0 Å². The minimum atomic E-state index is -1.79. The van der Waals surface area contributed by atoms with Gasteiger partial charge in [0, 0.05) is 6.42 Å². The average Bonchev–Trinajstić information content (AvgIpc) is 3.38. The molecule has 0 aromatic carbocycles. The van der Waals surface area contributed by atoms with Gasteiger partial charge in [-0.05, 0) is 77.0 Å². The van der Waals surface area contributed by atoms with E-state index in [1.807, 2.05) is 6.08 Å². The van der Waals surface area contributed by atoms with E-state index in [0.29, 0.717) is 12.8 Å². The summed E-state index contributed by atoms with van der Waals surface area (Å²) in [4.78, 5) is 13.2. The van der Waals surface area contributed by atoms with Crippen LogP contribution in [0.15, 0.2) is 85.1 Å². The van der Waals surface area contributed by atoms with E-state index >= 15 is 0 Å². The van der Waals surface area contributed by atoms with E-state index in [-0.39, 0.29) is 18.9 Å². The fraction of sp³-hybridized carbons (Fsp3) is 0.741. The molecule has 2 heterocycles. The maximum Gasteiger partial charge on any atom is 0.220 e. The second-order valence-electron chi connectivity index (χ2n) is 19.3. The van der Waals surface area contributed by atoms with E-state index in [1.165, 1.54) is 77.0 Å². The minimum absolute atomic E-state index is 0.259. The number of hydrogen-bond acceptors (Lipinski definition) is 13. The number of allylic oxidation sites excluding steroid dienone is 13. The number of unbranched alkanes of at least 4 members (excludes halogenated alkanes) is 17. The summed E-state index contributed by atoms with van der Waals surface area (Å²) in [6.07, 6.45) is 40.6. The molecule has 0 aromatic heterocycles. The number of rotatable bonds is 42. The van der Waals surface area contributed by atoms with Gasteiger partial charge in [-0.15, -0.1) is 0 Å².